The number of nitrogens with one attached hydrogen (secondary N) is 1. The first-order valence-electron chi connectivity index (χ1n) is 10.7. The summed E-state index contributed by atoms with van der Waals surface area (Å²) in [6, 6.07) is 16.1. The second-order valence-corrected chi connectivity index (χ2v) is 8.40. The Hall–Kier alpha value is -2.86. The number of hydrogen-bond acceptors (Lipinski definition) is 4. The Morgan fingerprint density at radius 1 is 0.967 bits per heavy atom. The Morgan fingerprint density at radius 2 is 1.63 bits per heavy atom. The van der Waals surface area contributed by atoms with E-state index < -0.39 is 0 Å². The summed E-state index contributed by atoms with van der Waals surface area (Å²) in [5.41, 5.74) is 3.81. The highest BCUT2D eigenvalue weighted by atomic mass is 16.2. The van der Waals surface area contributed by atoms with Gasteiger partial charge in [0.05, 0.1) is 6.04 Å². The number of para-hydroxylation sites is 1. The lowest BCUT2D eigenvalue weighted by Crippen LogP contribution is -2.47. The fourth-order valence-electron chi connectivity index (χ4n) is 4.53. The molecule has 0 spiro atoms. The zero-order chi connectivity index (χ0) is 21.3. The smallest absolute Gasteiger partial charge is 0.253 e. The van der Waals surface area contributed by atoms with Crippen molar-refractivity contribution >= 4 is 23.2 Å². The summed E-state index contributed by atoms with van der Waals surface area (Å²) >= 11 is 0. The van der Waals surface area contributed by atoms with E-state index in [1.807, 2.05) is 52.3 Å². The Bertz CT molecular complexity index is 919. The van der Waals surface area contributed by atoms with Crippen LogP contribution in [0.1, 0.15) is 42.2 Å². The van der Waals surface area contributed by atoms with Gasteiger partial charge in [0.15, 0.2) is 0 Å². The number of carbonyl (C=O) groups is 2. The molecule has 0 saturated carbocycles. The molecule has 2 amide bonds. The quantitative estimate of drug-likeness (QED) is 0.849. The van der Waals surface area contributed by atoms with E-state index in [2.05, 4.69) is 30.3 Å². The van der Waals surface area contributed by atoms with Crippen LogP contribution in [-0.4, -0.2) is 60.9 Å². The number of piperazine rings is 1. The van der Waals surface area contributed by atoms with Gasteiger partial charge in [-0.3, -0.25) is 9.59 Å². The van der Waals surface area contributed by atoms with Gasteiger partial charge >= 0.3 is 0 Å². The lowest BCUT2D eigenvalue weighted by molar-refractivity contribution is -0.117. The van der Waals surface area contributed by atoms with Gasteiger partial charge in [0.1, 0.15) is 0 Å². The molecule has 2 heterocycles. The van der Waals surface area contributed by atoms with E-state index in [-0.39, 0.29) is 23.9 Å². The highest BCUT2D eigenvalue weighted by Crippen LogP contribution is 2.38. The SMILES string of the molecule is CC(=O)N1c2ccccc2C(Nc2ccc(C(=O)N3CCN(C)CC3)cc2)CC1C. The summed E-state index contributed by atoms with van der Waals surface area (Å²) in [6.45, 7) is 7.10. The van der Waals surface area contributed by atoms with Gasteiger partial charge in [0.2, 0.25) is 5.91 Å². The first-order chi connectivity index (χ1) is 14.4. The predicted octanol–water partition coefficient (Wildman–Crippen LogP) is 3.37. The van der Waals surface area contributed by atoms with Crippen LogP contribution in [0, 0.1) is 0 Å². The summed E-state index contributed by atoms with van der Waals surface area (Å²) in [5.74, 6) is 0.170. The monoisotopic (exact) mass is 406 g/mol. The molecule has 2 atom stereocenters. The molecule has 158 valence electrons. The minimum Gasteiger partial charge on any atom is -0.378 e. The van der Waals surface area contributed by atoms with Gasteiger partial charge in [-0.1, -0.05) is 18.2 Å². The number of rotatable bonds is 3. The second kappa shape index (κ2) is 8.48. The number of benzene rings is 2. The molecule has 4 rings (SSSR count). The average Bonchev–Trinajstić information content (AvgIpc) is 2.74. The molecule has 6 nitrogen and oxygen atoms in total. The largest absolute Gasteiger partial charge is 0.378 e. The minimum atomic E-state index is 0.0696. The standard InChI is InChI=1S/C24H30N4O2/c1-17-16-22(21-6-4-5-7-23(21)28(17)18(2)29)25-20-10-8-19(9-11-20)24(30)27-14-12-26(3)13-15-27/h4-11,17,22,25H,12-16H2,1-3H3. The van der Waals surface area contributed by atoms with Crippen molar-refractivity contribution < 1.29 is 9.59 Å². The molecule has 0 bridgehead atoms. The molecule has 0 aliphatic carbocycles. The van der Waals surface area contributed by atoms with Crippen molar-refractivity contribution in [1.82, 2.24) is 9.80 Å². The number of likely N-dealkylation sites (N-methyl/N-ethyl adjacent to an activating group) is 1. The maximum Gasteiger partial charge on any atom is 0.253 e. The number of nitrogens with zero attached hydrogens (tertiary/aromatic N) is 3. The molecule has 2 unspecified atom stereocenters. The average molecular weight is 407 g/mol. The fourth-order valence-corrected chi connectivity index (χ4v) is 4.53. The molecule has 0 radical (unpaired) electrons. The highest BCUT2D eigenvalue weighted by Gasteiger charge is 2.32. The molecule has 6 heteroatoms. The molecular formula is C24H30N4O2. The molecular weight excluding hydrogens is 376 g/mol. The topological polar surface area (TPSA) is 55.9 Å². The maximum atomic E-state index is 12.8. The van der Waals surface area contributed by atoms with Gasteiger partial charge in [-0.15, -0.1) is 0 Å². The molecule has 1 saturated heterocycles. The molecule has 2 aromatic rings. The molecule has 1 N–H and O–H groups in total. The van der Waals surface area contributed by atoms with E-state index >= 15 is 0 Å². The third-order valence-electron chi connectivity index (χ3n) is 6.19. The third-order valence-corrected chi connectivity index (χ3v) is 6.19. The predicted molar refractivity (Wildman–Crippen MR) is 120 cm³/mol. The van der Waals surface area contributed by atoms with Gasteiger partial charge in [0.25, 0.3) is 5.91 Å². The van der Waals surface area contributed by atoms with Crippen molar-refractivity contribution in [2.45, 2.75) is 32.4 Å². The van der Waals surface area contributed by atoms with Gasteiger partial charge in [-0.2, -0.15) is 0 Å². The number of anilines is 2. The number of fused-ring (bicyclic) bond motifs is 1. The van der Waals surface area contributed by atoms with Crippen molar-refractivity contribution in [3.63, 3.8) is 0 Å². The second-order valence-electron chi connectivity index (χ2n) is 8.40. The first kappa shape index (κ1) is 20.4. The van der Waals surface area contributed by atoms with Crippen LogP contribution in [0.25, 0.3) is 0 Å². The van der Waals surface area contributed by atoms with Crippen molar-refractivity contribution in [3.05, 3.63) is 59.7 Å². The van der Waals surface area contributed by atoms with E-state index in [0.29, 0.717) is 0 Å². The lowest BCUT2D eigenvalue weighted by atomic mass is 9.91. The van der Waals surface area contributed by atoms with Gasteiger partial charge in [0, 0.05) is 56.1 Å². The third kappa shape index (κ3) is 4.05. The summed E-state index contributed by atoms with van der Waals surface area (Å²) in [5, 5.41) is 3.61. The van der Waals surface area contributed by atoms with Crippen molar-refractivity contribution in [3.8, 4) is 0 Å². The van der Waals surface area contributed by atoms with Gasteiger partial charge in [-0.05, 0) is 56.3 Å². The Labute approximate surface area is 178 Å². The van der Waals surface area contributed by atoms with Crippen LogP contribution in [0.15, 0.2) is 48.5 Å². The summed E-state index contributed by atoms with van der Waals surface area (Å²) < 4.78 is 0. The minimum absolute atomic E-state index is 0.0696. The Balaban J connectivity index is 1.49. The molecule has 2 aliphatic heterocycles. The highest BCUT2D eigenvalue weighted by molar-refractivity contribution is 5.95. The van der Waals surface area contributed by atoms with E-state index in [1.54, 1.807) is 6.92 Å². The van der Waals surface area contributed by atoms with E-state index in [1.165, 1.54) is 0 Å². The van der Waals surface area contributed by atoms with Crippen LogP contribution in [-0.2, 0) is 4.79 Å². The van der Waals surface area contributed by atoms with Crippen molar-refractivity contribution in [2.75, 3.05) is 43.4 Å². The van der Waals surface area contributed by atoms with Crippen LogP contribution >= 0.6 is 0 Å². The van der Waals surface area contributed by atoms with Crippen LogP contribution in [0.2, 0.25) is 0 Å². The number of hydrogen-bond donors (Lipinski definition) is 1. The zero-order valence-electron chi connectivity index (χ0n) is 18.0. The maximum absolute atomic E-state index is 12.8. The molecule has 2 aromatic carbocycles. The molecule has 1 fully saturated rings. The summed E-state index contributed by atoms with van der Waals surface area (Å²) in [6.07, 6.45) is 0.832. The van der Waals surface area contributed by atoms with Crippen LogP contribution in [0.5, 0.6) is 0 Å². The lowest BCUT2D eigenvalue weighted by Gasteiger charge is -2.39. The Kier molecular flexibility index (Phi) is 5.77. The number of amides is 2. The Morgan fingerprint density at radius 3 is 2.30 bits per heavy atom. The van der Waals surface area contributed by atoms with Crippen molar-refractivity contribution in [2.24, 2.45) is 0 Å². The molecule has 2 aliphatic rings. The van der Waals surface area contributed by atoms with Crippen molar-refractivity contribution in [1.29, 1.82) is 0 Å². The van der Waals surface area contributed by atoms with Gasteiger partial charge < -0.3 is 20.0 Å². The van der Waals surface area contributed by atoms with E-state index in [4.69, 9.17) is 0 Å². The van der Waals surface area contributed by atoms with E-state index in [0.717, 1.165) is 55.1 Å². The van der Waals surface area contributed by atoms with E-state index in [9.17, 15) is 9.59 Å². The summed E-state index contributed by atoms with van der Waals surface area (Å²) in [4.78, 5) is 31.0. The van der Waals surface area contributed by atoms with Gasteiger partial charge in [-0.25, -0.2) is 0 Å². The first-order valence-corrected chi connectivity index (χ1v) is 10.7. The van der Waals surface area contributed by atoms with Crippen LogP contribution in [0.4, 0.5) is 11.4 Å². The van der Waals surface area contributed by atoms with Crippen LogP contribution < -0.4 is 10.2 Å². The zero-order valence-corrected chi connectivity index (χ0v) is 18.0. The number of carbonyl (C=O) groups excluding carboxylic acids is 2. The van der Waals surface area contributed by atoms with Crippen LogP contribution in [0.3, 0.4) is 0 Å². The summed E-state index contributed by atoms with van der Waals surface area (Å²) in [7, 11) is 2.09. The fraction of sp³-hybridized carbons (Fsp3) is 0.417. The molecule has 0 aromatic heterocycles. The normalized spacial score (nSPS) is 21.8. The molecule has 30 heavy (non-hydrogen) atoms.